The third kappa shape index (κ3) is 6.91. The second-order valence-electron chi connectivity index (χ2n) is 6.52. The van der Waals surface area contributed by atoms with Gasteiger partial charge < -0.3 is 10.1 Å². The Morgan fingerprint density at radius 2 is 1.43 bits per heavy atom. The molecule has 0 unspecified atom stereocenters. The van der Waals surface area contributed by atoms with Crippen LogP contribution in [0.25, 0.3) is 0 Å². The van der Waals surface area contributed by atoms with Crippen LogP contribution in [0.3, 0.4) is 0 Å². The van der Waals surface area contributed by atoms with E-state index >= 15 is 0 Å². The third-order valence-corrected chi connectivity index (χ3v) is 4.19. The number of hydrazone groups is 1. The minimum atomic E-state index is -0.336. The molecule has 0 aromatic heterocycles. The molecule has 0 aliphatic rings. The van der Waals surface area contributed by atoms with Crippen LogP contribution in [0.15, 0.2) is 90.0 Å². The first-order valence-electron chi connectivity index (χ1n) is 9.63. The van der Waals surface area contributed by atoms with Crippen molar-refractivity contribution in [3.05, 3.63) is 96.1 Å². The van der Waals surface area contributed by atoms with Crippen molar-refractivity contribution in [1.82, 2.24) is 5.43 Å². The Morgan fingerprint density at radius 1 is 0.800 bits per heavy atom. The molecule has 3 rings (SSSR count). The summed E-state index contributed by atoms with van der Waals surface area (Å²) in [4.78, 5) is 23.8. The van der Waals surface area contributed by atoms with Crippen LogP contribution in [0.4, 0.5) is 5.69 Å². The highest BCUT2D eigenvalue weighted by Crippen LogP contribution is 2.17. The van der Waals surface area contributed by atoms with Gasteiger partial charge in [0.05, 0.1) is 6.21 Å². The van der Waals surface area contributed by atoms with E-state index in [-0.39, 0.29) is 24.7 Å². The van der Waals surface area contributed by atoms with E-state index in [1.54, 1.807) is 12.1 Å². The zero-order valence-corrected chi connectivity index (χ0v) is 16.5. The van der Waals surface area contributed by atoms with Gasteiger partial charge in [-0.25, -0.2) is 5.43 Å². The normalized spacial score (nSPS) is 10.5. The first-order chi connectivity index (χ1) is 14.7. The lowest BCUT2D eigenvalue weighted by atomic mass is 10.2. The quantitative estimate of drug-likeness (QED) is 0.418. The number of para-hydroxylation sites is 2. The summed E-state index contributed by atoms with van der Waals surface area (Å²) >= 11 is 0. The Morgan fingerprint density at radius 3 is 2.20 bits per heavy atom. The van der Waals surface area contributed by atoms with E-state index in [4.69, 9.17) is 4.74 Å². The van der Waals surface area contributed by atoms with Crippen molar-refractivity contribution in [2.24, 2.45) is 5.10 Å². The number of nitrogens with zero attached hydrogens (tertiary/aromatic N) is 1. The molecule has 0 saturated heterocycles. The fraction of sp³-hybridized carbons (Fsp3) is 0.125. The van der Waals surface area contributed by atoms with Gasteiger partial charge in [-0.3, -0.25) is 9.59 Å². The van der Waals surface area contributed by atoms with Crippen LogP contribution in [0.2, 0.25) is 0 Å². The highest BCUT2D eigenvalue weighted by atomic mass is 16.5. The van der Waals surface area contributed by atoms with Gasteiger partial charge in [-0.1, -0.05) is 60.7 Å². The molecule has 0 aliphatic heterocycles. The molecule has 0 atom stereocenters. The lowest BCUT2D eigenvalue weighted by Crippen LogP contribution is -2.20. The maximum absolute atomic E-state index is 11.9. The number of hydrogen-bond acceptors (Lipinski definition) is 4. The molecular weight excluding hydrogens is 378 g/mol. The van der Waals surface area contributed by atoms with Crippen LogP contribution in [-0.2, 0) is 16.2 Å². The molecular formula is C24H23N3O3. The molecule has 0 radical (unpaired) electrons. The average Bonchev–Trinajstić information content (AvgIpc) is 2.78. The van der Waals surface area contributed by atoms with Crippen LogP contribution < -0.4 is 15.5 Å². The molecule has 0 aliphatic carbocycles. The number of nitrogens with one attached hydrogen (secondary N) is 2. The summed E-state index contributed by atoms with van der Waals surface area (Å²) < 4.78 is 5.86. The number of carbonyl (C=O) groups is 2. The van der Waals surface area contributed by atoms with Crippen LogP contribution in [0.1, 0.15) is 24.0 Å². The number of rotatable bonds is 9. The number of hydrogen-bond donors (Lipinski definition) is 2. The van der Waals surface area contributed by atoms with Gasteiger partial charge in [-0.2, -0.15) is 5.10 Å². The highest BCUT2D eigenvalue weighted by Gasteiger charge is 2.07. The molecule has 152 valence electrons. The van der Waals surface area contributed by atoms with Gasteiger partial charge in [0.2, 0.25) is 11.8 Å². The standard InChI is InChI=1S/C24H23N3O3/c28-23(26-21-12-5-2-6-13-21)15-16-24(29)27-25-17-20-11-7-8-14-22(20)30-18-19-9-3-1-4-10-19/h1-14,17H,15-16,18H2,(H,26,28)(H,27,29)/b25-17+. The summed E-state index contributed by atoms with van der Waals surface area (Å²) in [7, 11) is 0. The van der Waals surface area contributed by atoms with Crippen molar-refractivity contribution in [2.75, 3.05) is 5.32 Å². The first kappa shape index (κ1) is 20.8. The van der Waals surface area contributed by atoms with E-state index in [9.17, 15) is 9.59 Å². The Kier molecular flexibility index (Phi) is 7.74. The molecule has 0 spiro atoms. The van der Waals surface area contributed by atoms with Gasteiger partial charge >= 0.3 is 0 Å². The van der Waals surface area contributed by atoms with Crippen molar-refractivity contribution in [3.63, 3.8) is 0 Å². The molecule has 0 bridgehead atoms. The highest BCUT2D eigenvalue weighted by molar-refractivity contribution is 5.93. The predicted molar refractivity (Wildman–Crippen MR) is 117 cm³/mol. The maximum atomic E-state index is 11.9. The van der Waals surface area contributed by atoms with Gasteiger partial charge in [0.25, 0.3) is 0 Å². The maximum Gasteiger partial charge on any atom is 0.240 e. The summed E-state index contributed by atoms with van der Waals surface area (Å²) in [6, 6.07) is 26.4. The van der Waals surface area contributed by atoms with Crippen LogP contribution >= 0.6 is 0 Å². The topological polar surface area (TPSA) is 79.8 Å². The second kappa shape index (κ2) is 11.2. The van der Waals surface area contributed by atoms with Crippen molar-refractivity contribution >= 4 is 23.7 Å². The number of anilines is 1. The first-order valence-corrected chi connectivity index (χ1v) is 9.63. The van der Waals surface area contributed by atoms with E-state index in [2.05, 4.69) is 15.8 Å². The zero-order chi connectivity index (χ0) is 21.0. The Balaban J connectivity index is 1.45. The lowest BCUT2D eigenvalue weighted by Gasteiger charge is -2.09. The molecule has 0 heterocycles. The number of carbonyl (C=O) groups excluding carboxylic acids is 2. The fourth-order valence-electron chi connectivity index (χ4n) is 2.66. The molecule has 2 amide bonds. The number of amides is 2. The molecule has 30 heavy (non-hydrogen) atoms. The van der Waals surface area contributed by atoms with Crippen molar-refractivity contribution in [1.29, 1.82) is 0 Å². The summed E-state index contributed by atoms with van der Waals surface area (Å²) in [5.74, 6) is 0.110. The Hall–Kier alpha value is -3.93. The molecule has 3 aromatic carbocycles. The van der Waals surface area contributed by atoms with Gasteiger partial charge in [0, 0.05) is 24.1 Å². The van der Waals surface area contributed by atoms with Crippen LogP contribution in [0, 0.1) is 0 Å². The lowest BCUT2D eigenvalue weighted by molar-refractivity contribution is -0.124. The van der Waals surface area contributed by atoms with Gasteiger partial charge in [-0.15, -0.1) is 0 Å². The van der Waals surface area contributed by atoms with E-state index < -0.39 is 0 Å². The fourth-order valence-corrected chi connectivity index (χ4v) is 2.66. The minimum absolute atomic E-state index is 0.0438. The molecule has 3 aromatic rings. The number of ether oxygens (including phenoxy) is 1. The summed E-state index contributed by atoms with van der Waals surface area (Å²) in [6.07, 6.45) is 1.65. The van der Waals surface area contributed by atoms with Crippen molar-refractivity contribution in [3.8, 4) is 5.75 Å². The smallest absolute Gasteiger partial charge is 0.240 e. The SMILES string of the molecule is O=C(CCC(=O)Nc1ccccc1)N/N=C/c1ccccc1OCc1ccccc1. The molecule has 6 heteroatoms. The van der Waals surface area contributed by atoms with Crippen molar-refractivity contribution in [2.45, 2.75) is 19.4 Å². The largest absolute Gasteiger partial charge is 0.488 e. The Labute approximate surface area is 175 Å². The molecule has 0 saturated carbocycles. The van der Waals surface area contributed by atoms with Crippen LogP contribution in [0.5, 0.6) is 5.75 Å². The second-order valence-corrected chi connectivity index (χ2v) is 6.52. The minimum Gasteiger partial charge on any atom is -0.488 e. The van der Waals surface area contributed by atoms with Crippen LogP contribution in [-0.4, -0.2) is 18.0 Å². The van der Waals surface area contributed by atoms with E-state index in [1.807, 2.05) is 72.8 Å². The summed E-state index contributed by atoms with van der Waals surface area (Å²) in [6.45, 7) is 0.439. The zero-order valence-electron chi connectivity index (χ0n) is 16.5. The van der Waals surface area contributed by atoms with E-state index in [0.29, 0.717) is 18.0 Å². The van der Waals surface area contributed by atoms with E-state index in [1.165, 1.54) is 6.21 Å². The monoisotopic (exact) mass is 401 g/mol. The summed E-state index contributed by atoms with van der Waals surface area (Å²) in [5, 5.41) is 6.72. The van der Waals surface area contributed by atoms with Crippen molar-refractivity contribution < 1.29 is 14.3 Å². The third-order valence-electron chi connectivity index (χ3n) is 4.19. The average molecular weight is 401 g/mol. The van der Waals surface area contributed by atoms with Gasteiger partial charge in [0.15, 0.2) is 0 Å². The van der Waals surface area contributed by atoms with E-state index in [0.717, 1.165) is 11.1 Å². The van der Waals surface area contributed by atoms with Gasteiger partial charge in [-0.05, 0) is 29.8 Å². The predicted octanol–water partition coefficient (Wildman–Crippen LogP) is 4.13. The van der Waals surface area contributed by atoms with Gasteiger partial charge in [0.1, 0.15) is 12.4 Å². The summed E-state index contributed by atoms with van der Waals surface area (Å²) in [5.41, 5.74) is 4.96. The molecule has 0 fully saturated rings. The number of benzene rings is 3. The molecule has 2 N–H and O–H groups in total. The Bertz CT molecular complexity index is 989. The molecule has 6 nitrogen and oxygen atoms in total.